The van der Waals surface area contributed by atoms with Crippen LogP contribution in [0, 0.1) is 0 Å². The smallest absolute Gasteiger partial charge is 0.306 e. The highest BCUT2D eigenvalue weighted by Gasteiger charge is 2.19. The number of allylic oxidation sites excluding steroid dienone is 24. The van der Waals surface area contributed by atoms with E-state index in [9.17, 15) is 14.4 Å². The van der Waals surface area contributed by atoms with E-state index < -0.39 is 6.10 Å². The number of rotatable bonds is 58. The molecule has 0 saturated heterocycles. The zero-order chi connectivity index (χ0) is 57.8. The van der Waals surface area contributed by atoms with E-state index in [0.717, 1.165) is 135 Å². The minimum Gasteiger partial charge on any atom is -0.462 e. The maximum atomic E-state index is 12.9. The molecule has 0 fully saturated rings. The second-order valence-corrected chi connectivity index (χ2v) is 21.3. The Labute approximate surface area is 493 Å². The van der Waals surface area contributed by atoms with Crippen molar-refractivity contribution in [1.29, 1.82) is 0 Å². The molecule has 0 amide bonds. The highest BCUT2D eigenvalue weighted by molar-refractivity contribution is 5.71. The number of unbranched alkanes of at least 4 members (excludes halogenated alkanes) is 23. The van der Waals surface area contributed by atoms with Gasteiger partial charge < -0.3 is 14.2 Å². The molecule has 0 N–H and O–H groups in total. The van der Waals surface area contributed by atoms with Crippen molar-refractivity contribution in [2.75, 3.05) is 13.2 Å². The Bertz CT molecular complexity index is 1750. The van der Waals surface area contributed by atoms with E-state index in [1.165, 1.54) is 103 Å². The summed E-state index contributed by atoms with van der Waals surface area (Å²) in [7, 11) is 0. The average molecular weight is 1110 g/mol. The number of hydrogen-bond acceptors (Lipinski definition) is 6. The number of carbonyl (C=O) groups excluding carboxylic acids is 3. The molecule has 1 atom stereocenters. The number of carbonyl (C=O) groups is 3. The molecule has 0 aromatic carbocycles. The molecule has 0 spiro atoms. The highest BCUT2D eigenvalue weighted by atomic mass is 16.6. The average Bonchev–Trinajstić information content (AvgIpc) is 3.46. The molecular weight excluding hydrogens is 985 g/mol. The molecule has 0 aliphatic carbocycles. The van der Waals surface area contributed by atoms with Gasteiger partial charge in [0, 0.05) is 19.3 Å². The first-order chi connectivity index (χ1) is 39.5. The lowest BCUT2D eigenvalue weighted by Crippen LogP contribution is -2.30. The summed E-state index contributed by atoms with van der Waals surface area (Å²) in [5.41, 5.74) is 0. The van der Waals surface area contributed by atoms with Crippen LogP contribution in [0.1, 0.15) is 284 Å². The van der Waals surface area contributed by atoms with Gasteiger partial charge in [-0.15, -0.1) is 0 Å². The first kappa shape index (κ1) is 75.3. The predicted octanol–water partition coefficient (Wildman–Crippen LogP) is 22.7. The molecule has 0 rings (SSSR count). The van der Waals surface area contributed by atoms with Gasteiger partial charge in [-0.3, -0.25) is 14.4 Å². The van der Waals surface area contributed by atoms with Crippen molar-refractivity contribution in [2.24, 2.45) is 0 Å². The van der Waals surface area contributed by atoms with Gasteiger partial charge in [0.05, 0.1) is 0 Å². The van der Waals surface area contributed by atoms with Crippen molar-refractivity contribution in [3.8, 4) is 0 Å². The van der Waals surface area contributed by atoms with E-state index in [0.29, 0.717) is 19.3 Å². The number of hydrogen-bond donors (Lipinski definition) is 0. The Hall–Kier alpha value is -4.71. The van der Waals surface area contributed by atoms with Gasteiger partial charge >= 0.3 is 17.9 Å². The van der Waals surface area contributed by atoms with Crippen molar-refractivity contribution in [3.05, 3.63) is 146 Å². The summed E-state index contributed by atoms with van der Waals surface area (Å²) in [6.07, 6.45) is 95.7. The van der Waals surface area contributed by atoms with Gasteiger partial charge in [0.2, 0.25) is 0 Å². The van der Waals surface area contributed by atoms with Crippen LogP contribution in [0.4, 0.5) is 0 Å². The third kappa shape index (κ3) is 64.1. The van der Waals surface area contributed by atoms with E-state index in [1.54, 1.807) is 0 Å². The van der Waals surface area contributed by atoms with Crippen LogP contribution in [0.5, 0.6) is 0 Å². The van der Waals surface area contributed by atoms with Crippen molar-refractivity contribution in [3.63, 3.8) is 0 Å². The molecule has 80 heavy (non-hydrogen) atoms. The third-order valence-corrected chi connectivity index (χ3v) is 13.6. The summed E-state index contributed by atoms with van der Waals surface area (Å²) in [5.74, 6) is -0.973. The maximum Gasteiger partial charge on any atom is 0.306 e. The Kier molecular flexibility index (Phi) is 62.9. The first-order valence-electron chi connectivity index (χ1n) is 32.8. The lowest BCUT2D eigenvalue weighted by atomic mass is 10.0. The molecule has 0 heterocycles. The lowest BCUT2D eigenvalue weighted by Gasteiger charge is -2.18. The molecule has 0 saturated carbocycles. The molecule has 0 aliphatic heterocycles. The van der Waals surface area contributed by atoms with Crippen LogP contribution in [0.15, 0.2) is 146 Å². The van der Waals surface area contributed by atoms with Gasteiger partial charge in [-0.25, -0.2) is 0 Å². The summed E-state index contributed by atoms with van der Waals surface area (Å²) in [6.45, 7) is 6.37. The summed E-state index contributed by atoms with van der Waals surface area (Å²) in [6, 6.07) is 0. The predicted molar refractivity (Wildman–Crippen MR) is 348 cm³/mol. The molecule has 0 aliphatic rings. The molecule has 0 aromatic heterocycles. The van der Waals surface area contributed by atoms with Crippen molar-refractivity contribution >= 4 is 17.9 Å². The van der Waals surface area contributed by atoms with Gasteiger partial charge in [0.1, 0.15) is 13.2 Å². The summed E-state index contributed by atoms with van der Waals surface area (Å²) in [5, 5.41) is 0. The quantitative estimate of drug-likeness (QED) is 0.0261. The second kappa shape index (κ2) is 66.8. The maximum absolute atomic E-state index is 12.9. The van der Waals surface area contributed by atoms with Crippen molar-refractivity contribution in [1.82, 2.24) is 0 Å². The Morgan fingerprint density at radius 2 is 0.500 bits per heavy atom. The van der Waals surface area contributed by atoms with E-state index in [2.05, 4.69) is 167 Å². The van der Waals surface area contributed by atoms with E-state index >= 15 is 0 Å². The fraction of sp³-hybridized carbons (Fsp3) is 0.635. The summed E-state index contributed by atoms with van der Waals surface area (Å²) >= 11 is 0. The van der Waals surface area contributed by atoms with E-state index in [4.69, 9.17) is 14.2 Å². The van der Waals surface area contributed by atoms with Gasteiger partial charge in [0.25, 0.3) is 0 Å². The molecule has 0 aromatic rings. The Morgan fingerprint density at radius 1 is 0.263 bits per heavy atom. The number of esters is 3. The third-order valence-electron chi connectivity index (χ3n) is 13.6. The molecule has 452 valence electrons. The van der Waals surface area contributed by atoms with Crippen LogP contribution >= 0.6 is 0 Å². The number of ether oxygens (including phenoxy) is 3. The molecular formula is C74H120O6. The minimum atomic E-state index is -0.814. The monoisotopic (exact) mass is 1100 g/mol. The summed E-state index contributed by atoms with van der Waals surface area (Å²) < 4.78 is 16.9. The van der Waals surface area contributed by atoms with Crippen LogP contribution in [0.2, 0.25) is 0 Å². The Balaban J connectivity index is 4.52. The highest BCUT2D eigenvalue weighted by Crippen LogP contribution is 2.16. The van der Waals surface area contributed by atoms with Crippen LogP contribution in [0.25, 0.3) is 0 Å². The zero-order valence-corrected chi connectivity index (χ0v) is 51.8. The largest absolute Gasteiger partial charge is 0.462 e. The first-order valence-corrected chi connectivity index (χ1v) is 32.8. The molecule has 0 bridgehead atoms. The van der Waals surface area contributed by atoms with Crippen LogP contribution in [-0.4, -0.2) is 37.2 Å². The minimum absolute atomic E-state index is 0.104. The van der Waals surface area contributed by atoms with Gasteiger partial charge in [-0.1, -0.05) is 295 Å². The van der Waals surface area contributed by atoms with Gasteiger partial charge in [-0.2, -0.15) is 0 Å². The lowest BCUT2D eigenvalue weighted by molar-refractivity contribution is -0.167. The normalized spacial score (nSPS) is 13.1. The molecule has 0 radical (unpaired) electrons. The second-order valence-electron chi connectivity index (χ2n) is 21.3. The van der Waals surface area contributed by atoms with Crippen LogP contribution in [0.3, 0.4) is 0 Å². The molecule has 6 heteroatoms. The van der Waals surface area contributed by atoms with Crippen LogP contribution in [-0.2, 0) is 28.6 Å². The summed E-state index contributed by atoms with van der Waals surface area (Å²) in [4.78, 5) is 38.4. The molecule has 1 unspecified atom stereocenters. The van der Waals surface area contributed by atoms with Gasteiger partial charge in [-0.05, 0) is 116 Å². The SMILES string of the molecule is CC/C=C\C/C=C\C/C=C\C/C=C\C/C=C\C/C=C\C/C=C\CCCC(=O)OCC(COC(=O)CCCCCCCCCCCCCCCCCC)OC(=O)CCCCCCCCC/C=C\C/C=C\C/C=C\C/C=C\C/C=C\CC. The fourth-order valence-electron chi connectivity index (χ4n) is 8.75. The van der Waals surface area contributed by atoms with E-state index in [1.807, 2.05) is 0 Å². The van der Waals surface area contributed by atoms with Crippen molar-refractivity contribution in [2.45, 2.75) is 290 Å². The zero-order valence-electron chi connectivity index (χ0n) is 51.8. The Morgan fingerprint density at radius 3 is 0.812 bits per heavy atom. The van der Waals surface area contributed by atoms with Crippen molar-refractivity contribution < 1.29 is 28.6 Å². The van der Waals surface area contributed by atoms with E-state index in [-0.39, 0.29) is 37.5 Å². The van der Waals surface area contributed by atoms with Gasteiger partial charge in [0.15, 0.2) is 6.10 Å². The topological polar surface area (TPSA) is 78.9 Å². The molecule has 6 nitrogen and oxygen atoms in total. The van der Waals surface area contributed by atoms with Crippen LogP contribution < -0.4 is 0 Å². The standard InChI is InChI=1S/C74H120O6/c1-4-7-10-13-16-19-22-25-28-31-33-35-37-39-41-43-46-49-52-55-58-61-64-67-73(76)79-70-71(69-78-72(75)66-63-60-57-54-51-48-45-30-27-24-21-18-15-12-9-6-3)80-74(77)68-65-62-59-56-53-50-47-44-42-40-38-36-34-32-29-26-23-20-17-14-11-8-5-2/h7-8,10-11,16-17,19-20,25-26,28-29,33-36,39-42,46,49,55,58,71H,4-6,9,12-15,18,21-24,27,30-32,37-38,43-45,47-48,50-54,56-57,59-70H2,1-3H3/b10-7-,11-8-,19-16-,20-17-,28-25-,29-26-,35-33-,36-34-,41-39-,42-40-,49-46-,58-55-. The fourth-order valence-corrected chi connectivity index (χ4v) is 8.75.